The summed E-state index contributed by atoms with van der Waals surface area (Å²) in [6.07, 6.45) is 4.70. The first-order valence-corrected chi connectivity index (χ1v) is 7.35. The van der Waals surface area contributed by atoms with Crippen molar-refractivity contribution in [2.45, 2.75) is 57.9 Å². The predicted octanol–water partition coefficient (Wildman–Crippen LogP) is 1.44. The third-order valence-corrected chi connectivity index (χ3v) is 4.04. The number of nitrogens with zero attached hydrogens (tertiary/aromatic N) is 1. The number of amides is 2. The van der Waals surface area contributed by atoms with Crippen LogP contribution in [0.15, 0.2) is 0 Å². The maximum atomic E-state index is 11.9. The van der Waals surface area contributed by atoms with E-state index in [-0.39, 0.29) is 42.6 Å². The van der Waals surface area contributed by atoms with E-state index in [1.54, 1.807) is 4.90 Å². The van der Waals surface area contributed by atoms with Crippen LogP contribution < -0.4 is 11.1 Å². The van der Waals surface area contributed by atoms with Crippen molar-refractivity contribution < 1.29 is 9.59 Å². The molecule has 0 aromatic rings. The van der Waals surface area contributed by atoms with Gasteiger partial charge in [0.15, 0.2) is 0 Å². The Balaban J connectivity index is 0.00000361. The van der Waals surface area contributed by atoms with E-state index in [2.05, 4.69) is 5.32 Å². The van der Waals surface area contributed by atoms with Crippen LogP contribution in [0.3, 0.4) is 0 Å². The van der Waals surface area contributed by atoms with Gasteiger partial charge in [0.25, 0.3) is 0 Å². The van der Waals surface area contributed by atoms with Crippen LogP contribution in [0, 0.1) is 0 Å². The second-order valence-electron chi connectivity index (χ2n) is 5.31. The molecule has 0 bridgehead atoms. The van der Waals surface area contributed by atoms with Crippen molar-refractivity contribution in [3.8, 4) is 0 Å². The second-order valence-corrected chi connectivity index (χ2v) is 5.31. The first kappa shape index (κ1) is 19.2. The highest BCUT2D eigenvalue weighted by molar-refractivity contribution is 5.85. The van der Waals surface area contributed by atoms with E-state index < -0.39 is 0 Å². The molecule has 0 radical (unpaired) electrons. The van der Waals surface area contributed by atoms with Gasteiger partial charge in [0.1, 0.15) is 0 Å². The standard InChI is InChI=1S/C14H27N3O2.ClH/c1-3-17(4-2)13(19)8-7-12(18)16-14(11-15)9-5-6-10-14;/h3-11,15H2,1-2H3,(H,16,18);1H. The van der Waals surface area contributed by atoms with E-state index in [1.165, 1.54) is 0 Å². The summed E-state index contributed by atoms with van der Waals surface area (Å²) >= 11 is 0. The molecule has 1 rings (SSSR count). The van der Waals surface area contributed by atoms with Gasteiger partial charge in [0, 0.05) is 32.5 Å². The number of halogens is 1. The number of hydrogen-bond acceptors (Lipinski definition) is 3. The molecule has 1 aliphatic carbocycles. The summed E-state index contributed by atoms with van der Waals surface area (Å²) in [5, 5.41) is 3.04. The molecule has 0 saturated heterocycles. The molecule has 2 amide bonds. The van der Waals surface area contributed by atoms with Gasteiger partial charge in [-0.3, -0.25) is 9.59 Å². The molecule has 0 aromatic carbocycles. The van der Waals surface area contributed by atoms with Crippen LogP contribution in [-0.4, -0.2) is 41.9 Å². The van der Waals surface area contributed by atoms with Crippen molar-refractivity contribution in [1.29, 1.82) is 0 Å². The summed E-state index contributed by atoms with van der Waals surface area (Å²) in [6.45, 7) is 5.78. The highest BCUT2D eigenvalue weighted by Gasteiger charge is 2.33. The average Bonchev–Trinajstić information content (AvgIpc) is 2.87. The number of nitrogens with two attached hydrogens (primary N) is 1. The summed E-state index contributed by atoms with van der Waals surface area (Å²) in [4.78, 5) is 25.5. The lowest BCUT2D eigenvalue weighted by atomic mass is 9.97. The minimum absolute atomic E-state index is 0. The molecular formula is C14H28ClN3O2. The van der Waals surface area contributed by atoms with Crippen LogP contribution in [0.25, 0.3) is 0 Å². The Hall–Kier alpha value is -0.810. The summed E-state index contributed by atoms with van der Waals surface area (Å²) in [5.41, 5.74) is 5.56. The van der Waals surface area contributed by atoms with Crippen molar-refractivity contribution in [3.63, 3.8) is 0 Å². The van der Waals surface area contributed by atoms with Crippen molar-refractivity contribution in [3.05, 3.63) is 0 Å². The molecule has 0 spiro atoms. The maximum absolute atomic E-state index is 11.9. The van der Waals surface area contributed by atoms with E-state index >= 15 is 0 Å². The first-order valence-electron chi connectivity index (χ1n) is 7.35. The Morgan fingerprint density at radius 1 is 1.15 bits per heavy atom. The van der Waals surface area contributed by atoms with Crippen molar-refractivity contribution in [1.82, 2.24) is 10.2 Å². The second kappa shape index (κ2) is 9.19. The zero-order valence-corrected chi connectivity index (χ0v) is 13.4. The molecule has 1 fully saturated rings. The van der Waals surface area contributed by atoms with Gasteiger partial charge in [0.05, 0.1) is 5.54 Å². The molecule has 5 nitrogen and oxygen atoms in total. The third kappa shape index (κ3) is 5.29. The predicted molar refractivity (Wildman–Crippen MR) is 82.8 cm³/mol. The van der Waals surface area contributed by atoms with E-state index in [1.807, 2.05) is 13.8 Å². The maximum Gasteiger partial charge on any atom is 0.223 e. The molecule has 6 heteroatoms. The SMILES string of the molecule is CCN(CC)C(=O)CCC(=O)NC1(CN)CCCC1.Cl. The largest absolute Gasteiger partial charge is 0.349 e. The molecule has 1 aliphatic rings. The van der Waals surface area contributed by atoms with Gasteiger partial charge in [-0.2, -0.15) is 0 Å². The normalized spacial score (nSPS) is 16.4. The average molecular weight is 306 g/mol. The topological polar surface area (TPSA) is 75.4 Å². The van der Waals surface area contributed by atoms with Crippen LogP contribution >= 0.6 is 12.4 Å². The number of carbonyl (C=O) groups is 2. The van der Waals surface area contributed by atoms with Crippen LogP contribution in [-0.2, 0) is 9.59 Å². The fourth-order valence-corrected chi connectivity index (χ4v) is 2.75. The molecule has 0 atom stereocenters. The molecule has 1 saturated carbocycles. The summed E-state index contributed by atoms with van der Waals surface area (Å²) in [6, 6.07) is 0. The Labute approximate surface area is 128 Å². The van der Waals surface area contributed by atoms with E-state index in [0.29, 0.717) is 19.6 Å². The third-order valence-electron chi connectivity index (χ3n) is 4.04. The fourth-order valence-electron chi connectivity index (χ4n) is 2.75. The number of rotatable bonds is 7. The van der Waals surface area contributed by atoms with E-state index in [9.17, 15) is 9.59 Å². The zero-order chi connectivity index (χ0) is 14.3. The lowest BCUT2D eigenvalue weighted by molar-refractivity contribution is -0.133. The van der Waals surface area contributed by atoms with Crippen molar-refractivity contribution in [2.75, 3.05) is 19.6 Å². The van der Waals surface area contributed by atoms with Gasteiger partial charge in [-0.25, -0.2) is 0 Å². The number of nitrogens with one attached hydrogen (secondary N) is 1. The van der Waals surface area contributed by atoms with Gasteiger partial charge < -0.3 is 16.0 Å². The molecule has 20 heavy (non-hydrogen) atoms. The number of hydrogen-bond donors (Lipinski definition) is 2. The Morgan fingerprint density at radius 3 is 2.15 bits per heavy atom. The Kier molecular flexibility index (Phi) is 8.81. The molecule has 118 valence electrons. The smallest absolute Gasteiger partial charge is 0.223 e. The van der Waals surface area contributed by atoms with Crippen LogP contribution in [0.4, 0.5) is 0 Å². The lowest BCUT2D eigenvalue weighted by Gasteiger charge is -2.28. The van der Waals surface area contributed by atoms with Gasteiger partial charge >= 0.3 is 0 Å². The van der Waals surface area contributed by atoms with E-state index in [0.717, 1.165) is 25.7 Å². The van der Waals surface area contributed by atoms with E-state index in [4.69, 9.17) is 5.73 Å². The first-order chi connectivity index (χ1) is 9.06. The van der Waals surface area contributed by atoms with Gasteiger partial charge in [-0.05, 0) is 26.7 Å². The van der Waals surface area contributed by atoms with Crippen molar-refractivity contribution in [2.24, 2.45) is 5.73 Å². The molecule has 0 unspecified atom stereocenters. The quantitative estimate of drug-likeness (QED) is 0.747. The van der Waals surface area contributed by atoms with Crippen LogP contribution in [0.1, 0.15) is 52.4 Å². The minimum Gasteiger partial charge on any atom is -0.349 e. The van der Waals surface area contributed by atoms with Crippen molar-refractivity contribution >= 4 is 24.2 Å². The molecular weight excluding hydrogens is 278 g/mol. The molecule has 0 aliphatic heterocycles. The number of carbonyl (C=O) groups excluding carboxylic acids is 2. The molecule has 0 heterocycles. The lowest BCUT2D eigenvalue weighted by Crippen LogP contribution is -2.51. The molecule has 3 N–H and O–H groups in total. The monoisotopic (exact) mass is 305 g/mol. The minimum atomic E-state index is -0.213. The highest BCUT2D eigenvalue weighted by atomic mass is 35.5. The highest BCUT2D eigenvalue weighted by Crippen LogP contribution is 2.28. The van der Waals surface area contributed by atoms with Gasteiger partial charge in [-0.15, -0.1) is 12.4 Å². The Morgan fingerprint density at radius 2 is 1.70 bits per heavy atom. The zero-order valence-electron chi connectivity index (χ0n) is 12.6. The Bertz CT molecular complexity index is 314. The summed E-state index contributed by atoms with van der Waals surface area (Å²) < 4.78 is 0. The molecule has 0 aromatic heterocycles. The summed E-state index contributed by atoms with van der Waals surface area (Å²) in [5.74, 6) is 0.00114. The fraction of sp³-hybridized carbons (Fsp3) is 0.857. The van der Waals surface area contributed by atoms with Crippen LogP contribution in [0.5, 0.6) is 0 Å². The summed E-state index contributed by atoms with van der Waals surface area (Å²) in [7, 11) is 0. The van der Waals surface area contributed by atoms with Crippen LogP contribution in [0.2, 0.25) is 0 Å². The van der Waals surface area contributed by atoms with Gasteiger partial charge in [-0.1, -0.05) is 12.8 Å². The van der Waals surface area contributed by atoms with Gasteiger partial charge in [0.2, 0.25) is 11.8 Å².